The second-order valence-corrected chi connectivity index (χ2v) is 12.9. The van der Waals surface area contributed by atoms with Crippen LogP contribution in [-0.4, -0.2) is 6.04 Å². The first-order chi connectivity index (χ1) is 23.8. The van der Waals surface area contributed by atoms with Crippen LogP contribution >= 0.6 is 0 Å². The van der Waals surface area contributed by atoms with Crippen LogP contribution in [0, 0.1) is 5.92 Å². The van der Waals surface area contributed by atoms with Gasteiger partial charge in [-0.25, -0.2) is 0 Å². The van der Waals surface area contributed by atoms with E-state index in [1.807, 2.05) is 0 Å². The first kappa shape index (κ1) is 28.4. The van der Waals surface area contributed by atoms with Crippen molar-refractivity contribution in [2.45, 2.75) is 18.4 Å². The van der Waals surface area contributed by atoms with Crippen LogP contribution in [-0.2, 0) is 6.42 Å². The smallest absolute Gasteiger partial charge is 0.0632 e. The maximum atomic E-state index is 2.56. The molecule has 6 aromatic carbocycles. The van der Waals surface area contributed by atoms with Gasteiger partial charge in [-0.3, -0.25) is 0 Å². The van der Waals surface area contributed by atoms with Crippen LogP contribution in [0.25, 0.3) is 17.2 Å². The summed E-state index contributed by atoms with van der Waals surface area (Å²) < 4.78 is 0. The highest BCUT2D eigenvalue weighted by molar-refractivity contribution is 5.84. The molecule has 0 radical (unpaired) electrons. The number of nitrogens with zero attached hydrogens (tertiary/aromatic N) is 2. The van der Waals surface area contributed by atoms with Crippen LogP contribution in [0.2, 0.25) is 0 Å². The van der Waals surface area contributed by atoms with Crippen LogP contribution in [0.5, 0.6) is 0 Å². The third-order valence-corrected chi connectivity index (χ3v) is 10.1. The summed E-state index contributed by atoms with van der Waals surface area (Å²) in [7, 11) is 0. The number of rotatable bonds is 6. The summed E-state index contributed by atoms with van der Waals surface area (Å²) in [4.78, 5) is 4.94. The van der Waals surface area contributed by atoms with Crippen molar-refractivity contribution in [2.75, 3.05) is 9.80 Å². The van der Waals surface area contributed by atoms with E-state index >= 15 is 0 Å². The minimum Gasteiger partial charge on any atom is -0.333 e. The third kappa shape index (κ3) is 5.07. The number of benzene rings is 6. The lowest BCUT2D eigenvalue weighted by Gasteiger charge is -2.32. The van der Waals surface area contributed by atoms with Crippen LogP contribution in [0.15, 0.2) is 188 Å². The molecule has 3 unspecified atom stereocenters. The standard InChI is InChI=1S/C46H36N2/c1-4-12-33(13-5-1)35-22-25-41(26-23-35)47(39-16-6-2-7-17-39)42-27-29-44-43-28-24-38(37-21-20-34-14-10-11-15-36(34)30-37)31-45(43)48(46(44)32-42)40-18-8-3-9-19-40/h1-29,31-32,37,43,45H,30H2. The summed E-state index contributed by atoms with van der Waals surface area (Å²) in [6, 6.07) is 57.2. The molecule has 1 aliphatic heterocycles. The Morgan fingerprint density at radius 2 is 1.19 bits per heavy atom. The SMILES string of the molecule is C1=CC2c3ccc(N(c4ccccc4)c4ccc(-c5ccccc5)cc4)cc3N(c3ccccc3)C2C=C1C1C=Cc2ccccc2C1. The zero-order valence-electron chi connectivity index (χ0n) is 26.7. The molecule has 2 aliphatic carbocycles. The molecule has 230 valence electrons. The van der Waals surface area contributed by atoms with E-state index < -0.39 is 0 Å². The molecule has 0 spiro atoms. The Balaban J connectivity index is 1.12. The minimum atomic E-state index is 0.207. The second kappa shape index (κ2) is 12.1. The van der Waals surface area contributed by atoms with Gasteiger partial charge in [0, 0.05) is 40.3 Å². The number of hydrogen-bond donors (Lipinski definition) is 0. The fourth-order valence-corrected chi connectivity index (χ4v) is 7.77. The van der Waals surface area contributed by atoms with Gasteiger partial charge in [0.05, 0.1) is 6.04 Å². The molecular weight excluding hydrogens is 581 g/mol. The van der Waals surface area contributed by atoms with Gasteiger partial charge in [-0.1, -0.05) is 140 Å². The quantitative estimate of drug-likeness (QED) is 0.184. The van der Waals surface area contributed by atoms with Crippen molar-refractivity contribution >= 4 is 34.5 Å². The van der Waals surface area contributed by atoms with Gasteiger partial charge in [-0.15, -0.1) is 0 Å². The van der Waals surface area contributed by atoms with E-state index in [0.717, 1.165) is 23.5 Å². The Kier molecular flexibility index (Phi) is 7.13. The van der Waals surface area contributed by atoms with Crippen molar-refractivity contribution in [3.8, 4) is 11.1 Å². The minimum absolute atomic E-state index is 0.207. The molecule has 48 heavy (non-hydrogen) atoms. The van der Waals surface area contributed by atoms with Gasteiger partial charge in [0.2, 0.25) is 0 Å². The van der Waals surface area contributed by atoms with Gasteiger partial charge in [0.1, 0.15) is 0 Å². The lowest BCUT2D eigenvalue weighted by Crippen LogP contribution is -2.30. The molecule has 6 aromatic rings. The van der Waals surface area contributed by atoms with E-state index in [9.17, 15) is 0 Å². The first-order valence-corrected chi connectivity index (χ1v) is 17.0. The van der Waals surface area contributed by atoms with E-state index in [0.29, 0.717) is 5.92 Å². The first-order valence-electron chi connectivity index (χ1n) is 17.0. The molecule has 0 aromatic heterocycles. The molecule has 0 bridgehead atoms. The fourth-order valence-electron chi connectivity index (χ4n) is 7.77. The monoisotopic (exact) mass is 616 g/mol. The number of anilines is 5. The average Bonchev–Trinajstić information content (AvgIpc) is 3.49. The van der Waals surface area contributed by atoms with Crippen LogP contribution < -0.4 is 9.80 Å². The predicted octanol–water partition coefficient (Wildman–Crippen LogP) is 11.8. The lowest BCUT2D eigenvalue weighted by atomic mass is 9.80. The number of hydrogen-bond acceptors (Lipinski definition) is 2. The summed E-state index contributed by atoms with van der Waals surface area (Å²) in [5, 5.41) is 0. The van der Waals surface area contributed by atoms with E-state index in [-0.39, 0.29) is 12.0 Å². The zero-order chi connectivity index (χ0) is 31.9. The molecule has 0 fully saturated rings. The molecule has 2 nitrogen and oxygen atoms in total. The van der Waals surface area contributed by atoms with Crippen molar-refractivity contribution < 1.29 is 0 Å². The van der Waals surface area contributed by atoms with Crippen LogP contribution in [0.3, 0.4) is 0 Å². The van der Waals surface area contributed by atoms with Crippen molar-refractivity contribution in [2.24, 2.45) is 5.92 Å². The molecule has 2 heteroatoms. The normalized spacial score (nSPS) is 18.9. The summed E-state index contributed by atoms with van der Waals surface area (Å²) in [6.07, 6.45) is 13.1. The van der Waals surface area contributed by atoms with Crippen molar-refractivity contribution in [3.05, 3.63) is 204 Å². The molecule has 3 aliphatic rings. The van der Waals surface area contributed by atoms with Gasteiger partial charge >= 0.3 is 0 Å². The Hall–Kier alpha value is -5.86. The third-order valence-electron chi connectivity index (χ3n) is 10.1. The summed E-state index contributed by atoms with van der Waals surface area (Å²) in [5.41, 5.74) is 13.9. The van der Waals surface area contributed by atoms with Crippen LogP contribution in [0.1, 0.15) is 22.6 Å². The second-order valence-electron chi connectivity index (χ2n) is 12.9. The Morgan fingerprint density at radius 3 is 1.98 bits per heavy atom. The van der Waals surface area contributed by atoms with Gasteiger partial charge in [-0.2, -0.15) is 0 Å². The Bertz CT molecular complexity index is 2160. The van der Waals surface area contributed by atoms with Crippen molar-refractivity contribution in [1.29, 1.82) is 0 Å². The van der Waals surface area contributed by atoms with E-state index in [1.165, 1.54) is 44.8 Å². The molecule has 9 rings (SSSR count). The predicted molar refractivity (Wildman–Crippen MR) is 202 cm³/mol. The fraction of sp³-hybridized carbons (Fsp3) is 0.0870. The maximum absolute atomic E-state index is 2.56. The van der Waals surface area contributed by atoms with Gasteiger partial charge < -0.3 is 9.80 Å². The number of allylic oxidation sites excluding steroid dienone is 3. The van der Waals surface area contributed by atoms with E-state index in [4.69, 9.17) is 0 Å². The molecule has 0 saturated carbocycles. The van der Waals surface area contributed by atoms with Gasteiger partial charge in [-0.05, 0) is 88.3 Å². The highest BCUT2D eigenvalue weighted by atomic mass is 15.2. The lowest BCUT2D eigenvalue weighted by molar-refractivity contribution is 0.695. The van der Waals surface area contributed by atoms with Crippen molar-refractivity contribution in [1.82, 2.24) is 0 Å². The van der Waals surface area contributed by atoms with Gasteiger partial charge in [0.25, 0.3) is 0 Å². The topological polar surface area (TPSA) is 6.48 Å². The average molecular weight is 617 g/mol. The van der Waals surface area contributed by atoms with Crippen LogP contribution in [0.4, 0.5) is 28.4 Å². The molecule has 0 N–H and O–H groups in total. The Morgan fingerprint density at radius 1 is 0.542 bits per heavy atom. The molecule has 3 atom stereocenters. The summed E-state index contributed by atoms with van der Waals surface area (Å²) in [5.74, 6) is 0.662. The Labute approximate surface area is 283 Å². The zero-order valence-corrected chi connectivity index (χ0v) is 26.7. The molecule has 1 heterocycles. The highest BCUT2D eigenvalue weighted by Gasteiger charge is 2.39. The largest absolute Gasteiger partial charge is 0.333 e. The number of fused-ring (bicyclic) bond motifs is 4. The number of para-hydroxylation sites is 2. The molecule has 0 amide bonds. The van der Waals surface area contributed by atoms with E-state index in [1.54, 1.807) is 0 Å². The molecule has 0 saturated heterocycles. The van der Waals surface area contributed by atoms with Crippen molar-refractivity contribution in [3.63, 3.8) is 0 Å². The van der Waals surface area contributed by atoms with E-state index in [2.05, 4.69) is 198 Å². The summed E-state index contributed by atoms with van der Waals surface area (Å²) in [6.45, 7) is 0. The highest BCUT2D eigenvalue weighted by Crippen LogP contribution is 2.51. The molecular formula is C46H36N2. The van der Waals surface area contributed by atoms with Gasteiger partial charge in [0.15, 0.2) is 0 Å². The maximum Gasteiger partial charge on any atom is 0.0632 e. The summed E-state index contributed by atoms with van der Waals surface area (Å²) >= 11 is 0.